The molecule has 41 heavy (non-hydrogen) atoms. The molecule has 0 atom stereocenters. The molecule has 1 aliphatic heterocycles. The first-order valence-corrected chi connectivity index (χ1v) is 13.2. The highest BCUT2D eigenvalue weighted by Gasteiger charge is 2.38. The van der Waals surface area contributed by atoms with E-state index in [1.54, 1.807) is 6.07 Å². The van der Waals surface area contributed by atoms with Gasteiger partial charge >= 0.3 is 12.1 Å². The number of carbonyl (C=O) groups excluding carboxylic acids is 1. The Morgan fingerprint density at radius 1 is 0.805 bits per heavy atom. The molecule has 220 valence electrons. The lowest BCUT2D eigenvalue weighted by atomic mass is 9.87. The molecule has 1 heterocycles. The number of carboxylic acids is 1. The zero-order chi connectivity index (χ0) is 30.2. The molecule has 1 fully saturated rings. The van der Waals surface area contributed by atoms with Gasteiger partial charge in [0.25, 0.3) is 5.91 Å². The van der Waals surface area contributed by atoms with Crippen molar-refractivity contribution in [2.24, 2.45) is 0 Å². The van der Waals surface area contributed by atoms with Crippen molar-refractivity contribution < 1.29 is 33.0 Å². The summed E-state index contributed by atoms with van der Waals surface area (Å²) in [5.74, 6) is -2.52. The molecule has 1 saturated heterocycles. The number of hydrogen-bond donors (Lipinski definition) is 3. The zero-order valence-electron chi connectivity index (χ0n) is 23.4. The van der Waals surface area contributed by atoms with Crippen LogP contribution in [0.4, 0.5) is 18.9 Å². The fourth-order valence-corrected chi connectivity index (χ4v) is 4.34. The van der Waals surface area contributed by atoms with Crippen molar-refractivity contribution in [3.63, 3.8) is 0 Å². The first kappa shape index (κ1) is 31.6. The molecule has 1 aliphatic rings. The normalized spacial score (nSPS) is 14.6. The number of hydrogen-bond acceptors (Lipinski definition) is 5. The summed E-state index contributed by atoms with van der Waals surface area (Å²) in [5.41, 5.74) is 5.12. The molecule has 0 unspecified atom stereocenters. The van der Waals surface area contributed by atoms with E-state index in [1.807, 2.05) is 42.5 Å². The van der Waals surface area contributed by atoms with Gasteiger partial charge in [0.05, 0.1) is 0 Å². The molecule has 3 aromatic rings. The summed E-state index contributed by atoms with van der Waals surface area (Å²) in [6.45, 7) is 12.2. The van der Waals surface area contributed by atoms with Gasteiger partial charge in [-0.3, -0.25) is 14.6 Å². The van der Waals surface area contributed by atoms with Crippen LogP contribution in [-0.2, 0) is 23.3 Å². The fraction of sp³-hybridized carbons (Fsp3) is 0.355. The minimum atomic E-state index is -5.08. The molecule has 0 aromatic heterocycles. The molecule has 0 radical (unpaired) electrons. The quantitative estimate of drug-likeness (QED) is 0.342. The van der Waals surface area contributed by atoms with Gasteiger partial charge in [-0.25, -0.2) is 4.79 Å². The van der Waals surface area contributed by atoms with Crippen LogP contribution in [0.2, 0.25) is 0 Å². The topological polar surface area (TPSA) is 93.1 Å². The SMILES string of the molecule is CC(C)(C)c1ccc(NC(=O)c2cccc(CN3CCN(Cc4cccc(O)c4)CC3)c2)cc1.O=C(O)C(F)(F)F. The highest BCUT2D eigenvalue weighted by molar-refractivity contribution is 6.04. The van der Waals surface area contributed by atoms with E-state index in [-0.39, 0.29) is 11.3 Å². The molecule has 0 aliphatic carbocycles. The lowest BCUT2D eigenvalue weighted by Gasteiger charge is -2.34. The largest absolute Gasteiger partial charge is 0.508 e. The van der Waals surface area contributed by atoms with Crippen LogP contribution in [0.3, 0.4) is 0 Å². The van der Waals surface area contributed by atoms with E-state index >= 15 is 0 Å². The number of aromatic hydroxyl groups is 1. The maximum Gasteiger partial charge on any atom is 0.490 e. The number of piperazine rings is 1. The zero-order valence-corrected chi connectivity index (χ0v) is 23.4. The van der Waals surface area contributed by atoms with Crippen LogP contribution >= 0.6 is 0 Å². The van der Waals surface area contributed by atoms with E-state index in [9.17, 15) is 23.1 Å². The highest BCUT2D eigenvalue weighted by atomic mass is 19.4. The van der Waals surface area contributed by atoms with Crippen molar-refractivity contribution in [2.45, 2.75) is 45.5 Å². The van der Waals surface area contributed by atoms with E-state index in [0.29, 0.717) is 11.3 Å². The Bertz CT molecular complexity index is 1310. The van der Waals surface area contributed by atoms with Gasteiger partial charge in [0, 0.05) is 50.5 Å². The predicted octanol–water partition coefficient (Wildman–Crippen LogP) is 5.89. The van der Waals surface area contributed by atoms with Crippen molar-refractivity contribution in [1.82, 2.24) is 9.80 Å². The molecule has 0 bridgehead atoms. The van der Waals surface area contributed by atoms with Gasteiger partial charge in [0.1, 0.15) is 5.75 Å². The van der Waals surface area contributed by atoms with Crippen LogP contribution in [0, 0.1) is 0 Å². The molecule has 3 N–H and O–H groups in total. The standard InChI is InChI=1S/C29H35N3O2.C2HF3O2/c1-29(2,3)25-10-12-26(13-11-25)30-28(34)24-8-4-6-22(18-24)20-31-14-16-32(17-15-31)21-23-7-5-9-27(33)19-23;3-2(4,5)1(6)7/h4-13,18-19,33H,14-17,20-21H2,1-3H3,(H,30,34);(H,6,7). The number of carbonyl (C=O) groups is 2. The number of nitrogens with zero attached hydrogens (tertiary/aromatic N) is 2. The maximum absolute atomic E-state index is 12.8. The Hall–Kier alpha value is -3.89. The Labute approximate surface area is 238 Å². The van der Waals surface area contributed by atoms with Gasteiger partial charge < -0.3 is 15.5 Å². The first-order chi connectivity index (χ1) is 19.2. The molecule has 3 aromatic carbocycles. The number of nitrogens with one attached hydrogen (secondary N) is 1. The van der Waals surface area contributed by atoms with E-state index < -0.39 is 12.1 Å². The second kappa shape index (κ2) is 13.6. The predicted molar refractivity (Wildman–Crippen MR) is 152 cm³/mol. The molecular weight excluding hydrogens is 535 g/mol. The monoisotopic (exact) mass is 571 g/mol. The Kier molecular flexibility index (Phi) is 10.5. The maximum atomic E-state index is 12.8. The summed E-state index contributed by atoms with van der Waals surface area (Å²) < 4.78 is 31.7. The van der Waals surface area contributed by atoms with Crippen molar-refractivity contribution in [3.8, 4) is 5.75 Å². The van der Waals surface area contributed by atoms with E-state index in [2.05, 4.69) is 60.2 Å². The molecule has 4 rings (SSSR count). The smallest absolute Gasteiger partial charge is 0.490 e. The number of phenols is 1. The van der Waals surface area contributed by atoms with E-state index in [1.165, 1.54) is 5.56 Å². The van der Waals surface area contributed by atoms with Crippen molar-refractivity contribution in [1.29, 1.82) is 0 Å². The van der Waals surface area contributed by atoms with Gasteiger partial charge in [-0.05, 0) is 58.5 Å². The average molecular weight is 572 g/mol. The molecule has 0 spiro atoms. The number of phenolic OH excluding ortho intramolecular Hbond substituents is 1. The summed E-state index contributed by atoms with van der Waals surface area (Å²) in [4.78, 5) is 26.6. The first-order valence-electron chi connectivity index (χ1n) is 13.2. The third kappa shape index (κ3) is 10.2. The van der Waals surface area contributed by atoms with Crippen LogP contribution in [0.5, 0.6) is 5.75 Å². The third-order valence-electron chi connectivity index (χ3n) is 6.63. The highest BCUT2D eigenvalue weighted by Crippen LogP contribution is 2.24. The number of benzene rings is 3. The van der Waals surface area contributed by atoms with Crippen LogP contribution in [0.1, 0.15) is 47.8 Å². The summed E-state index contributed by atoms with van der Waals surface area (Å²) in [5, 5.41) is 19.8. The molecular formula is C31H36F3N3O4. The van der Waals surface area contributed by atoms with E-state index in [4.69, 9.17) is 9.90 Å². The summed E-state index contributed by atoms with van der Waals surface area (Å²) in [7, 11) is 0. The Morgan fingerprint density at radius 2 is 1.29 bits per heavy atom. The van der Waals surface area contributed by atoms with Gasteiger partial charge in [-0.15, -0.1) is 0 Å². The number of rotatable bonds is 6. The van der Waals surface area contributed by atoms with Crippen LogP contribution < -0.4 is 5.32 Å². The number of carboxylic acid groups (broad SMARTS) is 1. The minimum Gasteiger partial charge on any atom is -0.508 e. The second-order valence-corrected chi connectivity index (χ2v) is 11.0. The lowest BCUT2D eigenvalue weighted by molar-refractivity contribution is -0.192. The Balaban J connectivity index is 0.000000587. The summed E-state index contributed by atoms with van der Waals surface area (Å²) >= 11 is 0. The number of aliphatic carboxylic acids is 1. The van der Waals surface area contributed by atoms with Crippen LogP contribution in [-0.4, -0.2) is 64.2 Å². The van der Waals surface area contributed by atoms with Crippen molar-refractivity contribution in [3.05, 3.63) is 95.1 Å². The molecule has 1 amide bonds. The minimum absolute atomic E-state index is 0.0821. The fourth-order valence-electron chi connectivity index (χ4n) is 4.34. The molecule has 7 nitrogen and oxygen atoms in total. The van der Waals surface area contributed by atoms with Gasteiger partial charge in [-0.2, -0.15) is 13.2 Å². The third-order valence-corrected chi connectivity index (χ3v) is 6.63. The number of amides is 1. The van der Waals surface area contributed by atoms with Crippen LogP contribution in [0.15, 0.2) is 72.8 Å². The molecule has 10 heteroatoms. The van der Waals surface area contributed by atoms with Crippen molar-refractivity contribution in [2.75, 3.05) is 31.5 Å². The van der Waals surface area contributed by atoms with Gasteiger partial charge in [-0.1, -0.05) is 57.2 Å². The Morgan fingerprint density at radius 3 is 1.76 bits per heavy atom. The van der Waals surface area contributed by atoms with Gasteiger partial charge in [0.15, 0.2) is 0 Å². The summed E-state index contributed by atoms with van der Waals surface area (Å²) in [6, 6.07) is 23.5. The second-order valence-electron chi connectivity index (χ2n) is 11.0. The molecule has 0 saturated carbocycles. The van der Waals surface area contributed by atoms with Crippen LogP contribution in [0.25, 0.3) is 0 Å². The number of anilines is 1. The average Bonchev–Trinajstić information content (AvgIpc) is 2.90. The van der Waals surface area contributed by atoms with E-state index in [0.717, 1.165) is 56.1 Å². The summed E-state index contributed by atoms with van der Waals surface area (Å²) in [6.07, 6.45) is -5.08. The lowest BCUT2D eigenvalue weighted by Crippen LogP contribution is -2.45. The van der Waals surface area contributed by atoms with Gasteiger partial charge in [0.2, 0.25) is 0 Å². The number of alkyl halides is 3. The van der Waals surface area contributed by atoms with Crippen molar-refractivity contribution >= 4 is 17.6 Å². The number of halogens is 3.